The lowest BCUT2D eigenvalue weighted by molar-refractivity contribution is 0.160. The molecule has 0 aliphatic carbocycles. The molecule has 1 rings (SSSR count). The summed E-state index contributed by atoms with van der Waals surface area (Å²) in [6.45, 7) is 3.63. The lowest BCUT2D eigenvalue weighted by Crippen LogP contribution is -2.37. The van der Waals surface area contributed by atoms with E-state index in [4.69, 9.17) is 0 Å². The Balaban J connectivity index is 3.24. The highest BCUT2D eigenvalue weighted by Crippen LogP contribution is 2.41. The van der Waals surface area contributed by atoms with Gasteiger partial charge in [-0.05, 0) is 18.9 Å². The summed E-state index contributed by atoms with van der Waals surface area (Å²) in [7, 11) is -3.41. The van der Waals surface area contributed by atoms with Crippen molar-refractivity contribution in [1.82, 2.24) is 0 Å². The minimum atomic E-state index is -3.41. The molecule has 1 aromatic rings. The van der Waals surface area contributed by atoms with Crippen molar-refractivity contribution in [1.29, 1.82) is 0 Å². The van der Waals surface area contributed by atoms with Gasteiger partial charge in [-0.15, -0.1) is 0 Å². The van der Waals surface area contributed by atoms with Crippen LogP contribution in [0.2, 0.25) is 0 Å². The highest BCUT2D eigenvalue weighted by atomic mass is 79.9. The lowest BCUT2D eigenvalue weighted by atomic mass is 10.0. The van der Waals surface area contributed by atoms with Crippen LogP contribution < -0.4 is 0 Å². The Labute approximate surface area is 111 Å². The standard InChI is InChI=1S/C12H17BrO3S/c1-4-12(13,17(3,15)16)11(14)10-7-5-6-9(2)8-10/h5-8,11,14H,4H2,1-3H3/t11-,12+/m0/s1. The summed E-state index contributed by atoms with van der Waals surface area (Å²) in [5, 5.41) is 10.3. The highest BCUT2D eigenvalue weighted by Gasteiger charge is 2.44. The fourth-order valence-electron chi connectivity index (χ4n) is 1.75. The van der Waals surface area contributed by atoms with Gasteiger partial charge in [-0.25, -0.2) is 8.42 Å². The van der Waals surface area contributed by atoms with Crippen LogP contribution >= 0.6 is 15.9 Å². The van der Waals surface area contributed by atoms with Crippen LogP contribution in [-0.2, 0) is 9.84 Å². The average Bonchev–Trinajstić information content (AvgIpc) is 2.25. The molecule has 0 saturated heterocycles. The van der Waals surface area contributed by atoms with Crippen LogP contribution in [-0.4, -0.2) is 23.4 Å². The number of rotatable bonds is 4. The van der Waals surface area contributed by atoms with Crippen molar-refractivity contribution in [2.75, 3.05) is 6.26 Å². The number of alkyl halides is 1. The minimum absolute atomic E-state index is 0.293. The molecule has 96 valence electrons. The largest absolute Gasteiger partial charge is 0.386 e. The first-order valence-electron chi connectivity index (χ1n) is 5.35. The second-order valence-corrected chi connectivity index (χ2v) is 8.44. The van der Waals surface area contributed by atoms with E-state index in [0.717, 1.165) is 11.8 Å². The van der Waals surface area contributed by atoms with Gasteiger partial charge in [0.2, 0.25) is 0 Å². The van der Waals surface area contributed by atoms with Crippen molar-refractivity contribution in [3.05, 3.63) is 35.4 Å². The van der Waals surface area contributed by atoms with E-state index in [0.29, 0.717) is 12.0 Å². The molecular formula is C12H17BrO3S. The van der Waals surface area contributed by atoms with E-state index in [1.165, 1.54) is 0 Å². The number of halogens is 1. The Bertz CT molecular complexity index is 498. The van der Waals surface area contributed by atoms with Crippen molar-refractivity contribution in [3.8, 4) is 0 Å². The molecule has 1 aromatic carbocycles. The number of sulfone groups is 1. The lowest BCUT2D eigenvalue weighted by Gasteiger charge is -2.30. The third-order valence-electron chi connectivity index (χ3n) is 2.86. The molecule has 0 unspecified atom stereocenters. The fourth-order valence-corrected chi connectivity index (χ4v) is 3.08. The molecular weight excluding hydrogens is 304 g/mol. The summed E-state index contributed by atoms with van der Waals surface area (Å²) in [6, 6.07) is 7.23. The molecule has 2 atom stereocenters. The Morgan fingerprint density at radius 3 is 2.47 bits per heavy atom. The van der Waals surface area contributed by atoms with Gasteiger partial charge in [0.25, 0.3) is 0 Å². The van der Waals surface area contributed by atoms with Crippen LogP contribution in [0.1, 0.15) is 30.6 Å². The Kier molecular flexibility index (Phi) is 4.38. The first kappa shape index (κ1) is 14.7. The van der Waals surface area contributed by atoms with Gasteiger partial charge < -0.3 is 5.11 Å². The number of aliphatic hydroxyl groups is 1. The van der Waals surface area contributed by atoms with Crippen molar-refractivity contribution < 1.29 is 13.5 Å². The zero-order chi connectivity index (χ0) is 13.3. The topological polar surface area (TPSA) is 54.4 Å². The molecule has 0 heterocycles. The van der Waals surface area contributed by atoms with Gasteiger partial charge in [0.1, 0.15) is 6.10 Å². The molecule has 0 aromatic heterocycles. The van der Waals surface area contributed by atoms with Gasteiger partial charge in [0.05, 0.1) is 0 Å². The van der Waals surface area contributed by atoms with Crippen LogP contribution in [0.15, 0.2) is 24.3 Å². The number of hydrogen-bond donors (Lipinski definition) is 1. The summed E-state index contributed by atoms with van der Waals surface area (Å²) in [6.07, 6.45) is 0.341. The zero-order valence-electron chi connectivity index (χ0n) is 10.1. The third kappa shape index (κ3) is 2.89. The van der Waals surface area contributed by atoms with Gasteiger partial charge in [0, 0.05) is 6.26 Å². The molecule has 0 radical (unpaired) electrons. The van der Waals surface area contributed by atoms with Gasteiger partial charge in [0.15, 0.2) is 13.5 Å². The Hall–Kier alpha value is -0.390. The van der Waals surface area contributed by atoms with Crippen LogP contribution in [0.4, 0.5) is 0 Å². The van der Waals surface area contributed by atoms with Crippen molar-refractivity contribution >= 4 is 25.8 Å². The molecule has 0 fully saturated rings. The van der Waals surface area contributed by atoms with E-state index in [9.17, 15) is 13.5 Å². The van der Waals surface area contributed by atoms with E-state index >= 15 is 0 Å². The zero-order valence-corrected chi connectivity index (χ0v) is 12.5. The first-order valence-corrected chi connectivity index (χ1v) is 8.04. The SMILES string of the molecule is CC[C@](Br)([C@@H](O)c1cccc(C)c1)S(C)(=O)=O. The first-order chi connectivity index (χ1) is 7.72. The highest BCUT2D eigenvalue weighted by molar-refractivity contribution is 9.11. The van der Waals surface area contributed by atoms with Gasteiger partial charge >= 0.3 is 0 Å². The summed E-state index contributed by atoms with van der Waals surface area (Å²) in [4.78, 5) is 0. The van der Waals surface area contributed by atoms with Crippen LogP contribution in [0.5, 0.6) is 0 Å². The van der Waals surface area contributed by atoms with Gasteiger partial charge in [-0.2, -0.15) is 0 Å². The maximum Gasteiger partial charge on any atom is 0.166 e. The smallest absolute Gasteiger partial charge is 0.166 e. The second kappa shape index (κ2) is 5.08. The number of aryl methyl sites for hydroxylation is 1. The fraction of sp³-hybridized carbons (Fsp3) is 0.500. The molecule has 0 aliphatic rings. The van der Waals surface area contributed by atoms with E-state index in [1.807, 2.05) is 13.0 Å². The summed E-state index contributed by atoms with van der Waals surface area (Å²) in [5.74, 6) is 0. The summed E-state index contributed by atoms with van der Waals surface area (Å²) >= 11 is 3.19. The Morgan fingerprint density at radius 2 is 2.06 bits per heavy atom. The van der Waals surface area contributed by atoms with Crippen LogP contribution in [0, 0.1) is 6.92 Å². The third-order valence-corrected chi connectivity index (χ3v) is 7.37. The molecule has 0 spiro atoms. The predicted octanol–water partition coefficient (Wildman–Crippen LogP) is 2.57. The molecule has 0 aliphatic heterocycles. The average molecular weight is 321 g/mol. The second-order valence-electron chi connectivity index (χ2n) is 4.23. The molecule has 0 saturated carbocycles. The normalized spacial score (nSPS) is 17.5. The molecule has 1 N–H and O–H groups in total. The molecule has 3 nitrogen and oxygen atoms in total. The van der Waals surface area contributed by atoms with Crippen molar-refractivity contribution in [2.45, 2.75) is 30.0 Å². The predicted molar refractivity (Wildman–Crippen MR) is 72.9 cm³/mol. The maximum absolute atomic E-state index is 11.8. The van der Waals surface area contributed by atoms with Crippen molar-refractivity contribution in [2.24, 2.45) is 0 Å². The molecule has 5 heteroatoms. The van der Waals surface area contributed by atoms with Crippen LogP contribution in [0.3, 0.4) is 0 Å². The Morgan fingerprint density at radius 1 is 1.47 bits per heavy atom. The molecule has 0 amide bonds. The summed E-state index contributed by atoms with van der Waals surface area (Å²) < 4.78 is 22.2. The maximum atomic E-state index is 11.8. The van der Waals surface area contributed by atoms with E-state index in [2.05, 4.69) is 15.9 Å². The van der Waals surface area contributed by atoms with E-state index < -0.39 is 19.6 Å². The monoisotopic (exact) mass is 320 g/mol. The van der Waals surface area contributed by atoms with Crippen LogP contribution in [0.25, 0.3) is 0 Å². The number of hydrogen-bond acceptors (Lipinski definition) is 3. The molecule has 17 heavy (non-hydrogen) atoms. The van der Waals surface area contributed by atoms with Gasteiger partial charge in [-0.1, -0.05) is 52.7 Å². The number of benzene rings is 1. The number of aliphatic hydroxyl groups excluding tert-OH is 1. The van der Waals surface area contributed by atoms with E-state index in [-0.39, 0.29) is 0 Å². The van der Waals surface area contributed by atoms with Gasteiger partial charge in [-0.3, -0.25) is 0 Å². The van der Waals surface area contributed by atoms with Crippen molar-refractivity contribution in [3.63, 3.8) is 0 Å². The minimum Gasteiger partial charge on any atom is -0.386 e. The summed E-state index contributed by atoms with van der Waals surface area (Å²) in [5.41, 5.74) is 1.59. The molecule has 0 bridgehead atoms. The quantitative estimate of drug-likeness (QED) is 0.867. The van der Waals surface area contributed by atoms with E-state index in [1.54, 1.807) is 25.1 Å².